The molecule has 0 saturated heterocycles. The van der Waals surface area contributed by atoms with Crippen LogP contribution in [0.15, 0.2) is 47.5 Å². The van der Waals surface area contributed by atoms with Crippen LogP contribution in [-0.2, 0) is 10.0 Å². The lowest BCUT2D eigenvalue weighted by Crippen LogP contribution is -2.14. The van der Waals surface area contributed by atoms with Gasteiger partial charge in [-0.3, -0.25) is 4.72 Å². The molecule has 0 aliphatic rings. The lowest BCUT2D eigenvalue weighted by molar-refractivity contribution is 0.199. The molecule has 2 rings (SSSR count). The van der Waals surface area contributed by atoms with E-state index in [2.05, 4.69) is 9.71 Å². The number of aliphatic hydroxyl groups excluding tert-OH is 1. The van der Waals surface area contributed by atoms with Crippen molar-refractivity contribution in [2.24, 2.45) is 0 Å². The molecule has 7 heteroatoms. The van der Waals surface area contributed by atoms with E-state index in [4.69, 9.17) is 0 Å². The van der Waals surface area contributed by atoms with Crippen LogP contribution in [0, 0.1) is 5.82 Å². The Morgan fingerprint density at radius 2 is 2.05 bits per heavy atom. The fourth-order valence-electron chi connectivity index (χ4n) is 1.57. The van der Waals surface area contributed by atoms with Crippen LogP contribution in [0.1, 0.15) is 18.6 Å². The standard InChI is InChI=1S/C13H13FN2O3S/c1-9(17)10-3-2-4-12(7-10)20(18,19)16-13-6-5-11(14)8-15-13/h2-9,17H,1H3,(H,15,16). The number of rotatable bonds is 4. The van der Waals surface area contributed by atoms with Gasteiger partial charge in [-0.1, -0.05) is 12.1 Å². The van der Waals surface area contributed by atoms with Crippen molar-refractivity contribution in [1.29, 1.82) is 0 Å². The average molecular weight is 296 g/mol. The smallest absolute Gasteiger partial charge is 0.263 e. The second-order valence-electron chi connectivity index (χ2n) is 4.22. The first-order valence-corrected chi connectivity index (χ1v) is 7.29. The molecule has 0 bridgehead atoms. The molecule has 0 aliphatic carbocycles. The number of aliphatic hydroxyl groups is 1. The Bertz CT molecular complexity index is 700. The Morgan fingerprint density at radius 3 is 2.65 bits per heavy atom. The highest BCUT2D eigenvalue weighted by Crippen LogP contribution is 2.19. The average Bonchev–Trinajstić information content (AvgIpc) is 2.41. The Balaban J connectivity index is 2.30. The van der Waals surface area contributed by atoms with Gasteiger partial charge in [0.15, 0.2) is 0 Å². The number of nitrogens with zero attached hydrogens (tertiary/aromatic N) is 1. The summed E-state index contributed by atoms with van der Waals surface area (Å²) in [5, 5.41) is 9.46. The SMILES string of the molecule is CC(O)c1cccc(S(=O)(=O)Nc2ccc(F)cn2)c1. The molecular weight excluding hydrogens is 283 g/mol. The molecule has 0 amide bonds. The zero-order chi connectivity index (χ0) is 14.8. The van der Waals surface area contributed by atoms with Gasteiger partial charge >= 0.3 is 0 Å². The lowest BCUT2D eigenvalue weighted by atomic mass is 10.1. The van der Waals surface area contributed by atoms with Crippen LogP contribution in [0.5, 0.6) is 0 Å². The zero-order valence-corrected chi connectivity index (χ0v) is 11.4. The highest BCUT2D eigenvalue weighted by molar-refractivity contribution is 7.92. The molecule has 1 atom stereocenters. The molecule has 106 valence electrons. The van der Waals surface area contributed by atoms with Gasteiger partial charge in [0.1, 0.15) is 11.6 Å². The van der Waals surface area contributed by atoms with Gasteiger partial charge in [0.25, 0.3) is 10.0 Å². The van der Waals surface area contributed by atoms with Crippen molar-refractivity contribution in [2.45, 2.75) is 17.9 Å². The van der Waals surface area contributed by atoms with Crippen LogP contribution in [0.4, 0.5) is 10.2 Å². The third-order valence-corrected chi connectivity index (χ3v) is 3.97. The second kappa shape index (κ2) is 5.56. The summed E-state index contributed by atoms with van der Waals surface area (Å²) >= 11 is 0. The predicted octanol–water partition coefficient (Wildman–Crippen LogP) is 2.07. The van der Waals surface area contributed by atoms with Crippen LogP contribution in [0.3, 0.4) is 0 Å². The number of aromatic nitrogens is 1. The van der Waals surface area contributed by atoms with Gasteiger partial charge in [-0.05, 0) is 36.8 Å². The number of hydrogen-bond donors (Lipinski definition) is 2. The third kappa shape index (κ3) is 3.31. The van der Waals surface area contributed by atoms with Crippen molar-refractivity contribution < 1.29 is 17.9 Å². The van der Waals surface area contributed by atoms with Gasteiger partial charge in [0.05, 0.1) is 17.2 Å². The van der Waals surface area contributed by atoms with Crippen molar-refractivity contribution >= 4 is 15.8 Å². The molecule has 0 aliphatic heterocycles. The fraction of sp³-hybridized carbons (Fsp3) is 0.154. The van der Waals surface area contributed by atoms with E-state index in [1.54, 1.807) is 13.0 Å². The van der Waals surface area contributed by atoms with E-state index < -0.39 is 21.9 Å². The molecular formula is C13H13FN2O3S. The first-order chi connectivity index (χ1) is 9.38. The van der Waals surface area contributed by atoms with Gasteiger partial charge < -0.3 is 5.11 Å². The highest BCUT2D eigenvalue weighted by Gasteiger charge is 2.16. The van der Waals surface area contributed by atoms with Crippen LogP contribution in [0.25, 0.3) is 0 Å². The Kier molecular flexibility index (Phi) is 4.01. The number of pyridine rings is 1. The molecule has 0 fully saturated rings. The second-order valence-corrected chi connectivity index (χ2v) is 5.90. The van der Waals surface area contributed by atoms with E-state index in [9.17, 15) is 17.9 Å². The molecule has 0 saturated carbocycles. The third-order valence-electron chi connectivity index (χ3n) is 2.62. The number of sulfonamides is 1. The number of halogens is 1. The monoisotopic (exact) mass is 296 g/mol. The zero-order valence-electron chi connectivity index (χ0n) is 10.6. The molecule has 1 aromatic carbocycles. The normalized spacial score (nSPS) is 12.9. The van der Waals surface area contributed by atoms with E-state index in [1.807, 2.05) is 0 Å². The first kappa shape index (κ1) is 14.4. The van der Waals surface area contributed by atoms with E-state index in [0.717, 1.165) is 12.3 Å². The summed E-state index contributed by atoms with van der Waals surface area (Å²) in [7, 11) is -3.83. The first-order valence-electron chi connectivity index (χ1n) is 5.81. The summed E-state index contributed by atoms with van der Waals surface area (Å²) in [5.41, 5.74) is 0.486. The summed E-state index contributed by atoms with van der Waals surface area (Å²) in [4.78, 5) is 3.63. The summed E-state index contributed by atoms with van der Waals surface area (Å²) in [6.45, 7) is 1.54. The minimum Gasteiger partial charge on any atom is -0.389 e. The number of hydrogen-bond acceptors (Lipinski definition) is 4. The lowest BCUT2D eigenvalue weighted by Gasteiger charge is -2.10. The largest absolute Gasteiger partial charge is 0.389 e. The molecule has 1 unspecified atom stereocenters. The maximum atomic E-state index is 12.7. The highest BCUT2D eigenvalue weighted by atomic mass is 32.2. The van der Waals surface area contributed by atoms with Gasteiger partial charge in [0.2, 0.25) is 0 Å². The molecule has 0 spiro atoms. The van der Waals surface area contributed by atoms with Crippen molar-refractivity contribution in [1.82, 2.24) is 4.98 Å². The summed E-state index contributed by atoms with van der Waals surface area (Å²) in [6, 6.07) is 8.27. The summed E-state index contributed by atoms with van der Waals surface area (Å²) < 4.78 is 39.2. The Labute approximate surface area is 116 Å². The van der Waals surface area contributed by atoms with E-state index in [0.29, 0.717) is 5.56 Å². The molecule has 2 N–H and O–H groups in total. The van der Waals surface area contributed by atoms with Crippen LogP contribution >= 0.6 is 0 Å². The summed E-state index contributed by atoms with van der Waals surface area (Å²) in [6.07, 6.45) is 0.151. The quantitative estimate of drug-likeness (QED) is 0.905. The van der Waals surface area contributed by atoms with Crippen LogP contribution in [-0.4, -0.2) is 18.5 Å². The molecule has 1 heterocycles. The van der Waals surface area contributed by atoms with Crippen molar-refractivity contribution in [3.05, 3.63) is 54.0 Å². The number of nitrogens with one attached hydrogen (secondary N) is 1. The Hall–Kier alpha value is -1.99. The number of benzene rings is 1. The predicted molar refractivity (Wildman–Crippen MR) is 72.1 cm³/mol. The Morgan fingerprint density at radius 1 is 1.30 bits per heavy atom. The number of anilines is 1. The maximum absolute atomic E-state index is 12.7. The van der Waals surface area contributed by atoms with Crippen molar-refractivity contribution in [3.8, 4) is 0 Å². The van der Waals surface area contributed by atoms with Gasteiger partial charge in [0, 0.05) is 0 Å². The fourth-order valence-corrected chi connectivity index (χ4v) is 2.64. The van der Waals surface area contributed by atoms with E-state index in [-0.39, 0.29) is 10.7 Å². The van der Waals surface area contributed by atoms with Crippen LogP contribution < -0.4 is 4.72 Å². The minimum atomic E-state index is -3.83. The molecule has 5 nitrogen and oxygen atoms in total. The van der Waals surface area contributed by atoms with Gasteiger partial charge in [-0.15, -0.1) is 0 Å². The molecule has 1 aromatic heterocycles. The van der Waals surface area contributed by atoms with E-state index >= 15 is 0 Å². The molecule has 2 aromatic rings. The van der Waals surface area contributed by atoms with Crippen molar-refractivity contribution in [3.63, 3.8) is 0 Å². The van der Waals surface area contributed by atoms with Crippen molar-refractivity contribution in [2.75, 3.05) is 4.72 Å². The summed E-state index contributed by atoms with van der Waals surface area (Å²) in [5.74, 6) is -0.530. The van der Waals surface area contributed by atoms with Gasteiger partial charge in [-0.2, -0.15) is 0 Å². The molecule has 0 radical (unpaired) electrons. The van der Waals surface area contributed by atoms with E-state index in [1.165, 1.54) is 24.3 Å². The molecule has 20 heavy (non-hydrogen) atoms. The minimum absolute atomic E-state index is 0.00188. The van der Waals surface area contributed by atoms with Crippen LogP contribution in [0.2, 0.25) is 0 Å². The topological polar surface area (TPSA) is 79.3 Å². The maximum Gasteiger partial charge on any atom is 0.263 e. The van der Waals surface area contributed by atoms with Gasteiger partial charge in [-0.25, -0.2) is 17.8 Å².